The van der Waals surface area contributed by atoms with Crippen LogP contribution in [0, 0.1) is 0 Å². The predicted molar refractivity (Wildman–Crippen MR) is 85.5 cm³/mol. The van der Waals surface area contributed by atoms with Crippen molar-refractivity contribution in [2.75, 3.05) is 5.32 Å². The lowest BCUT2D eigenvalue weighted by Crippen LogP contribution is -2.08. The summed E-state index contributed by atoms with van der Waals surface area (Å²) in [6.07, 6.45) is 10.0. The van der Waals surface area contributed by atoms with Crippen molar-refractivity contribution >= 4 is 17.7 Å². The first-order chi connectivity index (χ1) is 10.8. The van der Waals surface area contributed by atoms with Gasteiger partial charge in [0, 0.05) is 18.5 Å². The van der Waals surface area contributed by atoms with Crippen LogP contribution >= 0.6 is 0 Å². The number of nitrogens with zero attached hydrogens (tertiary/aromatic N) is 3. The van der Waals surface area contributed by atoms with E-state index in [1.807, 2.05) is 42.6 Å². The summed E-state index contributed by atoms with van der Waals surface area (Å²) >= 11 is 0. The zero-order valence-electron chi connectivity index (χ0n) is 11.8. The maximum Gasteiger partial charge on any atom is 0.248 e. The quantitative estimate of drug-likeness (QED) is 0.752. The smallest absolute Gasteiger partial charge is 0.248 e. The molecule has 3 rings (SSSR count). The summed E-state index contributed by atoms with van der Waals surface area (Å²) in [7, 11) is 0. The molecule has 0 fully saturated rings. The molecule has 0 unspecified atom stereocenters. The third-order valence-electron chi connectivity index (χ3n) is 3.01. The zero-order valence-corrected chi connectivity index (χ0v) is 11.8. The Hall–Kier alpha value is -3.21. The van der Waals surface area contributed by atoms with Gasteiger partial charge in [-0.3, -0.25) is 9.36 Å². The van der Waals surface area contributed by atoms with Crippen molar-refractivity contribution in [3.05, 3.63) is 79.0 Å². The summed E-state index contributed by atoms with van der Waals surface area (Å²) in [5.41, 5.74) is 1.62. The molecule has 0 aliphatic heterocycles. The van der Waals surface area contributed by atoms with Crippen LogP contribution in [-0.4, -0.2) is 20.4 Å². The van der Waals surface area contributed by atoms with E-state index in [1.165, 1.54) is 6.08 Å². The van der Waals surface area contributed by atoms with Gasteiger partial charge in [0.2, 0.25) is 5.91 Å². The molecule has 0 aliphatic carbocycles. The maximum atomic E-state index is 11.9. The number of imidazole rings is 1. The molecule has 0 saturated heterocycles. The largest absolute Gasteiger partial charge is 0.321 e. The second-order valence-electron chi connectivity index (χ2n) is 4.61. The van der Waals surface area contributed by atoms with Crippen LogP contribution in [0.3, 0.4) is 0 Å². The molecular formula is C17H14N4O. The molecule has 22 heavy (non-hydrogen) atoms. The Morgan fingerprint density at radius 2 is 2.00 bits per heavy atom. The standard InChI is InChI=1S/C17H14N4O/c22-17(9-6-14-4-2-1-3-5-14)20-15-7-8-16(19-12-15)21-11-10-18-13-21/h1-13H,(H,20,22)/b9-6+. The highest BCUT2D eigenvalue weighted by molar-refractivity contribution is 6.01. The average Bonchev–Trinajstić information content (AvgIpc) is 3.09. The molecule has 0 aliphatic rings. The summed E-state index contributed by atoms with van der Waals surface area (Å²) in [5, 5.41) is 2.77. The van der Waals surface area contributed by atoms with Crippen LogP contribution in [0.15, 0.2) is 73.5 Å². The van der Waals surface area contributed by atoms with E-state index in [9.17, 15) is 4.79 Å². The summed E-state index contributed by atoms with van der Waals surface area (Å²) in [4.78, 5) is 20.1. The van der Waals surface area contributed by atoms with Gasteiger partial charge in [-0.25, -0.2) is 9.97 Å². The number of anilines is 1. The number of hydrogen-bond donors (Lipinski definition) is 1. The highest BCUT2D eigenvalue weighted by atomic mass is 16.1. The first-order valence-corrected chi connectivity index (χ1v) is 6.80. The number of carbonyl (C=O) groups excluding carboxylic acids is 1. The highest BCUT2D eigenvalue weighted by Crippen LogP contribution is 2.10. The van der Waals surface area contributed by atoms with Crippen molar-refractivity contribution in [1.82, 2.24) is 14.5 Å². The molecule has 5 nitrogen and oxygen atoms in total. The van der Waals surface area contributed by atoms with Crippen molar-refractivity contribution in [1.29, 1.82) is 0 Å². The van der Waals surface area contributed by atoms with Crippen molar-refractivity contribution < 1.29 is 4.79 Å². The molecule has 0 atom stereocenters. The lowest BCUT2D eigenvalue weighted by molar-refractivity contribution is -0.111. The van der Waals surface area contributed by atoms with Gasteiger partial charge in [-0.1, -0.05) is 30.3 Å². The third kappa shape index (κ3) is 3.46. The van der Waals surface area contributed by atoms with E-state index in [-0.39, 0.29) is 5.91 Å². The van der Waals surface area contributed by atoms with Crippen molar-refractivity contribution in [3.63, 3.8) is 0 Å². The lowest BCUT2D eigenvalue weighted by Gasteiger charge is -2.04. The monoisotopic (exact) mass is 290 g/mol. The Morgan fingerprint density at radius 3 is 2.68 bits per heavy atom. The van der Waals surface area contributed by atoms with Crippen LogP contribution in [0.25, 0.3) is 11.9 Å². The summed E-state index contributed by atoms with van der Waals surface area (Å²) in [6.45, 7) is 0. The van der Waals surface area contributed by atoms with Crippen molar-refractivity contribution in [2.45, 2.75) is 0 Å². The van der Waals surface area contributed by atoms with Gasteiger partial charge in [-0.15, -0.1) is 0 Å². The van der Waals surface area contributed by atoms with Gasteiger partial charge in [-0.05, 0) is 23.8 Å². The molecule has 1 N–H and O–H groups in total. The highest BCUT2D eigenvalue weighted by Gasteiger charge is 2.00. The van der Waals surface area contributed by atoms with E-state index < -0.39 is 0 Å². The first-order valence-electron chi connectivity index (χ1n) is 6.80. The molecule has 0 spiro atoms. The molecule has 0 bridgehead atoms. The topological polar surface area (TPSA) is 59.8 Å². The fourth-order valence-corrected chi connectivity index (χ4v) is 1.93. The number of benzene rings is 1. The van der Waals surface area contributed by atoms with E-state index >= 15 is 0 Å². The molecular weight excluding hydrogens is 276 g/mol. The number of rotatable bonds is 4. The Balaban J connectivity index is 1.63. The number of aromatic nitrogens is 3. The normalized spacial score (nSPS) is 10.7. The average molecular weight is 290 g/mol. The summed E-state index contributed by atoms with van der Waals surface area (Å²) in [6, 6.07) is 13.3. The van der Waals surface area contributed by atoms with E-state index in [1.54, 1.807) is 35.4 Å². The van der Waals surface area contributed by atoms with Crippen LogP contribution < -0.4 is 5.32 Å². The van der Waals surface area contributed by atoms with E-state index in [4.69, 9.17) is 0 Å². The number of pyridine rings is 1. The van der Waals surface area contributed by atoms with Gasteiger partial charge >= 0.3 is 0 Å². The van der Waals surface area contributed by atoms with Crippen LogP contribution in [0.1, 0.15) is 5.56 Å². The SMILES string of the molecule is O=C(/C=C/c1ccccc1)Nc1ccc(-n2ccnc2)nc1. The second kappa shape index (κ2) is 6.49. The molecule has 3 aromatic rings. The van der Waals surface area contributed by atoms with Gasteiger partial charge in [0.1, 0.15) is 12.1 Å². The van der Waals surface area contributed by atoms with Gasteiger partial charge in [0.15, 0.2) is 0 Å². The Bertz CT molecular complexity index is 762. The van der Waals surface area contributed by atoms with Crippen LogP contribution in [0.2, 0.25) is 0 Å². The minimum atomic E-state index is -0.193. The van der Waals surface area contributed by atoms with E-state index in [0.717, 1.165) is 11.4 Å². The van der Waals surface area contributed by atoms with Crippen molar-refractivity contribution in [2.24, 2.45) is 0 Å². The summed E-state index contributed by atoms with van der Waals surface area (Å²) in [5.74, 6) is 0.552. The fourth-order valence-electron chi connectivity index (χ4n) is 1.93. The van der Waals surface area contributed by atoms with Crippen LogP contribution in [0.5, 0.6) is 0 Å². The van der Waals surface area contributed by atoms with Gasteiger partial charge in [-0.2, -0.15) is 0 Å². The molecule has 2 heterocycles. The molecule has 5 heteroatoms. The molecule has 1 aromatic carbocycles. The first kappa shape index (κ1) is 13.8. The number of hydrogen-bond acceptors (Lipinski definition) is 3. The number of carbonyl (C=O) groups is 1. The molecule has 2 aromatic heterocycles. The lowest BCUT2D eigenvalue weighted by atomic mass is 10.2. The van der Waals surface area contributed by atoms with Crippen LogP contribution in [0.4, 0.5) is 5.69 Å². The second-order valence-corrected chi connectivity index (χ2v) is 4.61. The third-order valence-corrected chi connectivity index (χ3v) is 3.01. The fraction of sp³-hybridized carbons (Fsp3) is 0. The van der Waals surface area contributed by atoms with Crippen LogP contribution in [-0.2, 0) is 4.79 Å². The minimum Gasteiger partial charge on any atom is -0.321 e. The van der Waals surface area contributed by atoms with Crippen molar-refractivity contribution in [3.8, 4) is 5.82 Å². The van der Waals surface area contributed by atoms with Gasteiger partial charge in [0.05, 0.1) is 11.9 Å². The molecule has 0 radical (unpaired) electrons. The molecule has 1 amide bonds. The summed E-state index contributed by atoms with van der Waals surface area (Å²) < 4.78 is 1.79. The molecule has 0 saturated carbocycles. The van der Waals surface area contributed by atoms with E-state index in [0.29, 0.717) is 5.69 Å². The zero-order chi connectivity index (χ0) is 15.2. The van der Waals surface area contributed by atoms with Gasteiger partial charge < -0.3 is 5.32 Å². The maximum absolute atomic E-state index is 11.9. The van der Waals surface area contributed by atoms with Gasteiger partial charge in [0.25, 0.3) is 0 Å². The number of nitrogens with one attached hydrogen (secondary N) is 1. The Morgan fingerprint density at radius 1 is 1.14 bits per heavy atom. The Kier molecular flexibility index (Phi) is 4.06. The predicted octanol–water partition coefficient (Wildman–Crippen LogP) is 2.92. The molecule has 108 valence electrons. The number of amides is 1. The minimum absolute atomic E-state index is 0.193. The Labute approximate surface area is 128 Å². The van der Waals surface area contributed by atoms with E-state index in [2.05, 4.69) is 15.3 Å².